The number of anilines is 1. The third kappa shape index (κ3) is 4.60. The smallest absolute Gasteiger partial charge is 0.255 e. The van der Waals surface area contributed by atoms with Gasteiger partial charge in [-0.05, 0) is 61.4 Å². The number of benzene rings is 2. The molecule has 1 N–H and O–H groups in total. The van der Waals surface area contributed by atoms with Crippen LogP contribution >= 0.6 is 0 Å². The van der Waals surface area contributed by atoms with Gasteiger partial charge in [0.25, 0.3) is 5.91 Å². The van der Waals surface area contributed by atoms with E-state index in [1.807, 2.05) is 26.0 Å². The Balaban J connectivity index is 2.00. The molecule has 2 rings (SSSR count). The fourth-order valence-electron chi connectivity index (χ4n) is 2.20. The van der Waals surface area contributed by atoms with Crippen LogP contribution in [0, 0.1) is 13.8 Å². The lowest BCUT2D eigenvalue weighted by atomic mass is 10.1. The topological polar surface area (TPSA) is 47.6 Å². The first-order chi connectivity index (χ1) is 10.6. The molecule has 1 amide bonds. The molecule has 0 saturated heterocycles. The fourth-order valence-corrected chi connectivity index (χ4v) is 2.20. The number of nitrogens with one attached hydrogen (secondary N) is 1. The zero-order valence-electron chi connectivity index (χ0n) is 13.2. The molecule has 4 nitrogen and oxygen atoms in total. The van der Waals surface area contributed by atoms with E-state index in [1.165, 1.54) is 0 Å². The summed E-state index contributed by atoms with van der Waals surface area (Å²) >= 11 is 0. The highest BCUT2D eigenvalue weighted by Crippen LogP contribution is 2.16. The normalized spacial score (nSPS) is 10.3. The second-order valence-corrected chi connectivity index (χ2v) is 5.20. The zero-order chi connectivity index (χ0) is 15.9. The Labute approximate surface area is 131 Å². The van der Waals surface area contributed by atoms with Gasteiger partial charge in [-0.15, -0.1) is 0 Å². The number of amides is 1. The lowest BCUT2D eigenvalue weighted by Gasteiger charge is -2.09. The van der Waals surface area contributed by atoms with Gasteiger partial charge in [0.1, 0.15) is 12.4 Å². The number of ether oxygens (including phenoxy) is 2. The maximum Gasteiger partial charge on any atom is 0.255 e. The molecule has 0 aromatic heterocycles. The van der Waals surface area contributed by atoms with E-state index in [9.17, 15) is 4.79 Å². The maximum atomic E-state index is 12.2. The summed E-state index contributed by atoms with van der Waals surface area (Å²) in [7, 11) is 1.63. The predicted molar refractivity (Wildman–Crippen MR) is 87.7 cm³/mol. The van der Waals surface area contributed by atoms with Crippen molar-refractivity contribution >= 4 is 11.6 Å². The van der Waals surface area contributed by atoms with E-state index in [0.717, 1.165) is 22.6 Å². The molecular formula is C18H21NO3. The van der Waals surface area contributed by atoms with Gasteiger partial charge in [-0.25, -0.2) is 0 Å². The van der Waals surface area contributed by atoms with Crippen LogP contribution in [0.1, 0.15) is 21.5 Å². The summed E-state index contributed by atoms with van der Waals surface area (Å²) in [5, 5.41) is 2.91. The molecule has 0 aliphatic carbocycles. The van der Waals surface area contributed by atoms with Gasteiger partial charge in [-0.1, -0.05) is 6.07 Å². The molecule has 2 aromatic rings. The third-order valence-electron chi connectivity index (χ3n) is 3.15. The SMILES string of the molecule is COCCOc1ccc(C(=O)Nc2cc(C)cc(C)c2)cc1. The summed E-state index contributed by atoms with van der Waals surface area (Å²) in [4.78, 5) is 12.2. The average Bonchev–Trinajstić information content (AvgIpc) is 2.47. The van der Waals surface area contributed by atoms with Gasteiger partial charge >= 0.3 is 0 Å². The summed E-state index contributed by atoms with van der Waals surface area (Å²) in [5.74, 6) is 0.591. The first kappa shape index (κ1) is 16.0. The van der Waals surface area contributed by atoms with Gasteiger partial charge in [0.2, 0.25) is 0 Å². The van der Waals surface area contributed by atoms with E-state index in [0.29, 0.717) is 18.8 Å². The number of carbonyl (C=O) groups is 1. The standard InChI is InChI=1S/C18H21NO3/c1-13-10-14(2)12-16(11-13)19-18(20)15-4-6-17(7-5-15)22-9-8-21-3/h4-7,10-12H,8-9H2,1-3H3,(H,19,20). The Kier molecular flexibility index (Phi) is 5.55. The quantitative estimate of drug-likeness (QED) is 0.829. The highest BCUT2D eigenvalue weighted by molar-refractivity contribution is 6.04. The van der Waals surface area contributed by atoms with Gasteiger partial charge in [0.05, 0.1) is 6.61 Å². The molecule has 2 aromatic carbocycles. The lowest BCUT2D eigenvalue weighted by molar-refractivity contribution is 0.102. The summed E-state index contributed by atoms with van der Waals surface area (Å²) in [6.45, 7) is 5.04. The maximum absolute atomic E-state index is 12.2. The highest BCUT2D eigenvalue weighted by Gasteiger charge is 2.07. The largest absolute Gasteiger partial charge is 0.491 e. The van der Waals surface area contributed by atoms with Crippen molar-refractivity contribution in [1.29, 1.82) is 0 Å². The van der Waals surface area contributed by atoms with Crippen molar-refractivity contribution in [3.63, 3.8) is 0 Å². The number of rotatable bonds is 6. The lowest BCUT2D eigenvalue weighted by Crippen LogP contribution is -2.12. The monoisotopic (exact) mass is 299 g/mol. The molecule has 4 heteroatoms. The van der Waals surface area contributed by atoms with Crippen LogP contribution < -0.4 is 10.1 Å². The van der Waals surface area contributed by atoms with Crippen LogP contribution in [-0.2, 0) is 4.74 Å². The molecule has 0 heterocycles. The van der Waals surface area contributed by atoms with Crippen molar-refractivity contribution < 1.29 is 14.3 Å². The average molecular weight is 299 g/mol. The van der Waals surface area contributed by atoms with Crippen LogP contribution in [0.15, 0.2) is 42.5 Å². The second-order valence-electron chi connectivity index (χ2n) is 5.20. The number of carbonyl (C=O) groups excluding carboxylic acids is 1. The van der Waals surface area contributed by atoms with Crippen molar-refractivity contribution in [3.8, 4) is 5.75 Å². The summed E-state index contributed by atoms with van der Waals surface area (Å²) in [6, 6.07) is 13.0. The first-order valence-electron chi connectivity index (χ1n) is 7.20. The van der Waals surface area contributed by atoms with Crippen LogP contribution in [0.2, 0.25) is 0 Å². The van der Waals surface area contributed by atoms with E-state index < -0.39 is 0 Å². The molecule has 0 unspecified atom stereocenters. The van der Waals surface area contributed by atoms with E-state index in [2.05, 4.69) is 11.4 Å². The number of hydrogen-bond donors (Lipinski definition) is 1. The Morgan fingerprint density at radius 1 is 1.00 bits per heavy atom. The summed E-state index contributed by atoms with van der Waals surface area (Å²) in [5.41, 5.74) is 3.65. The number of hydrogen-bond acceptors (Lipinski definition) is 3. The Bertz CT molecular complexity index is 615. The minimum Gasteiger partial charge on any atom is -0.491 e. The number of methoxy groups -OCH3 is 1. The van der Waals surface area contributed by atoms with Gasteiger partial charge < -0.3 is 14.8 Å². The number of aryl methyl sites for hydroxylation is 2. The molecule has 0 radical (unpaired) electrons. The Hall–Kier alpha value is -2.33. The van der Waals surface area contributed by atoms with Crippen LogP contribution in [0.4, 0.5) is 5.69 Å². The highest BCUT2D eigenvalue weighted by atomic mass is 16.5. The third-order valence-corrected chi connectivity index (χ3v) is 3.15. The van der Waals surface area contributed by atoms with Crippen LogP contribution in [0.3, 0.4) is 0 Å². The first-order valence-corrected chi connectivity index (χ1v) is 7.20. The van der Waals surface area contributed by atoms with Crippen molar-refractivity contribution in [2.24, 2.45) is 0 Å². The van der Waals surface area contributed by atoms with E-state index in [4.69, 9.17) is 9.47 Å². The minimum atomic E-state index is -0.131. The molecule has 0 saturated carbocycles. The van der Waals surface area contributed by atoms with Gasteiger partial charge in [0, 0.05) is 18.4 Å². The van der Waals surface area contributed by atoms with Crippen molar-refractivity contribution in [1.82, 2.24) is 0 Å². The van der Waals surface area contributed by atoms with Crippen LogP contribution in [-0.4, -0.2) is 26.2 Å². The molecular weight excluding hydrogens is 278 g/mol. The molecule has 0 atom stereocenters. The molecule has 0 aliphatic rings. The molecule has 0 spiro atoms. The van der Waals surface area contributed by atoms with E-state index in [-0.39, 0.29) is 5.91 Å². The summed E-state index contributed by atoms with van der Waals surface area (Å²) < 4.78 is 10.4. The summed E-state index contributed by atoms with van der Waals surface area (Å²) in [6.07, 6.45) is 0. The Morgan fingerprint density at radius 2 is 1.64 bits per heavy atom. The molecule has 22 heavy (non-hydrogen) atoms. The predicted octanol–water partition coefficient (Wildman–Crippen LogP) is 3.58. The van der Waals surface area contributed by atoms with Crippen molar-refractivity contribution in [2.45, 2.75) is 13.8 Å². The van der Waals surface area contributed by atoms with E-state index in [1.54, 1.807) is 31.4 Å². The minimum absolute atomic E-state index is 0.131. The molecule has 0 bridgehead atoms. The molecule has 116 valence electrons. The van der Waals surface area contributed by atoms with Crippen LogP contribution in [0.25, 0.3) is 0 Å². The fraction of sp³-hybridized carbons (Fsp3) is 0.278. The van der Waals surface area contributed by atoms with Crippen molar-refractivity contribution in [2.75, 3.05) is 25.6 Å². The van der Waals surface area contributed by atoms with E-state index >= 15 is 0 Å². The Morgan fingerprint density at radius 3 is 2.23 bits per heavy atom. The molecule has 0 aliphatic heterocycles. The second kappa shape index (κ2) is 7.61. The zero-order valence-corrected chi connectivity index (χ0v) is 13.2. The van der Waals surface area contributed by atoms with Crippen molar-refractivity contribution in [3.05, 3.63) is 59.2 Å². The molecule has 0 fully saturated rings. The van der Waals surface area contributed by atoms with Gasteiger partial charge in [-0.2, -0.15) is 0 Å². The van der Waals surface area contributed by atoms with Gasteiger partial charge in [-0.3, -0.25) is 4.79 Å². The van der Waals surface area contributed by atoms with Gasteiger partial charge in [0.15, 0.2) is 0 Å². The van der Waals surface area contributed by atoms with Crippen LogP contribution in [0.5, 0.6) is 5.75 Å².